The molecule has 2 nitrogen and oxygen atoms in total. The normalized spacial score (nSPS) is 5.89. The van der Waals surface area contributed by atoms with E-state index in [4.69, 9.17) is 0 Å². The van der Waals surface area contributed by atoms with Crippen molar-refractivity contribution in [2.45, 2.75) is 21.8 Å². The Bertz CT molecular complexity index is 77.0. The summed E-state index contributed by atoms with van der Waals surface area (Å²) in [4.78, 5) is 10.1. The van der Waals surface area contributed by atoms with Crippen molar-refractivity contribution in [2.24, 2.45) is 0 Å². The van der Waals surface area contributed by atoms with Crippen molar-refractivity contribution < 1.29 is 9.53 Å². The first-order valence-electron chi connectivity index (χ1n) is 2.10. The Kier molecular flexibility index (Phi) is 17.9. The van der Waals surface area contributed by atoms with E-state index in [0.717, 1.165) is 6.08 Å². The second-order valence-corrected chi connectivity index (χ2v) is 0.956. The van der Waals surface area contributed by atoms with Crippen LogP contribution in [-0.2, 0) is 9.53 Å². The number of rotatable bonds is 2. The van der Waals surface area contributed by atoms with Crippen LogP contribution in [-0.4, -0.2) is 12.6 Å². The minimum atomic E-state index is -0.359. The lowest BCUT2D eigenvalue weighted by atomic mass is 10.6. The van der Waals surface area contributed by atoms with Crippen LogP contribution in [0.15, 0.2) is 12.7 Å². The molecule has 0 bridgehead atoms. The van der Waals surface area contributed by atoms with Gasteiger partial charge in [-0.1, -0.05) is 21.4 Å². The SMILES string of the molecule is C.C.C=CC(=O)OCC. The van der Waals surface area contributed by atoms with Crippen LogP contribution in [0.3, 0.4) is 0 Å². The number of hydrogen-bond donors (Lipinski definition) is 0. The van der Waals surface area contributed by atoms with Gasteiger partial charge < -0.3 is 4.74 Å². The molecule has 0 atom stereocenters. The second kappa shape index (κ2) is 10.2. The average molecular weight is 132 g/mol. The highest BCUT2D eigenvalue weighted by Gasteiger charge is 1.86. The highest BCUT2D eigenvalue weighted by Crippen LogP contribution is 1.74. The molecule has 0 aromatic heterocycles. The predicted octanol–water partition coefficient (Wildman–Crippen LogP) is 2.01. The molecule has 2 heteroatoms. The number of carbonyl (C=O) groups excluding carboxylic acids is 1. The molecule has 56 valence electrons. The molecule has 0 saturated heterocycles. The summed E-state index contributed by atoms with van der Waals surface area (Å²) in [6, 6.07) is 0. The monoisotopic (exact) mass is 132 g/mol. The minimum Gasteiger partial charge on any atom is -0.463 e. The fourth-order valence-corrected chi connectivity index (χ4v) is 0.201. The Morgan fingerprint density at radius 3 is 2.22 bits per heavy atom. The van der Waals surface area contributed by atoms with Crippen molar-refractivity contribution in [1.29, 1.82) is 0 Å². The van der Waals surface area contributed by atoms with Gasteiger partial charge in [0, 0.05) is 6.08 Å². The van der Waals surface area contributed by atoms with E-state index >= 15 is 0 Å². The summed E-state index contributed by atoms with van der Waals surface area (Å²) in [7, 11) is 0. The zero-order valence-electron chi connectivity index (χ0n) is 4.31. The standard InChI is InChI=1S/C5H8O2.2CH4/c1-3-5(6)7-4-2;;/h3H,1,4H2,2H3;2*1H4. The average Bonchev–Trinajstić information content (AvgIpc) is 1.68. The molecule has 0 aromatic rings. The van der Waals surface area contributed by atoms with Gasteiger partial charge in [0.2, 0.25) is 0 Å². The van der Waals surface area contributed by atoms with Crippen LogP contribution in [0.1, 0.15) is 21.8 Å². The largest absolute Gasteiger partial charge is 0.463 e. The molecule has 0 aliphatic rings. The van der Waals surface area contributed by atoms with E-state index in [0.29, 0.717) is 6.61 Å². The van der Waals surface area contributed by atoms with Gasteiger partial charge in [0.25, 0.3) is 0 Å². The predicted molar refractivity (Wildman–Crippen MR) is 40.3 cm³/mol. The van der Waals surface area contributed by atoms with Crippen LogP contribution in [0.25, 0.3) is 0 Å². The van der Waals surface area contributed by atoms with E-state index in [-0.39, 0.29) is 20.8 Å². The maximum Gasteiger partial charge on any atom is 0.330 e. The van der Waals surface area contributed by atoms with Gasteiger partial charge in [-0.15, -0.1) is 0 Å². The van der Waals surface area contributed by atoms with Crippen LogP contribution >= 0.6 is 0 Å². The van der Waals surface area contributed by atoms with Gasteiger partial charge in [-0.05, 0) is 6.92 Å². The second-order valence-electron chi connectivity index (χ2n) is 0.956. The maximum atomic E-state index is 10.1. The quantitative estimate of drug-likeness (QED) is 0.424. The highest BCUT2D eigenvalue weighted by atomic mass is 16.5. The minimum absolute atomic E-state index is 0. The van der Waals surface area contributed by atoms with Crippen LogP contribution in [0.4, 0.5) is 0 Å². The highest BCUT2D eigenvalue weighted by molar-refractivity contribution is 5.81. The van der Waals surface area contributed by atoms with E-state index in [9.17, 15) is 4.79 Å². The summed E-state index contributed by atoms with van der Waals surface area (Å²) < 4.78 is 4.43. The number of carbonyl (C=O) groups is 1. The van der Waals surface area contributed by atoms with E-state index in [1.54, 1.807) is 6.92 Å². The van der Waals surface area contributed by atoms with Gasteiger partial charge in [0.1, 0.15) is 0 Å². The summed E-state index contributed by atoms with van der Waals surface area (Å²) in [5.41, 5.74) is 0. The summed E-state index contributed by atoms with van der Waals surface area (Å²) in [6.45, 7) is 5.38. The van der Waals surface area contributed by atoms with Crippen molar-refractivity contribution in [3.05, 3.63) is 12.7 Å². The lowest BCUT2D eigenvalue weighted by Gasteiger charge is -1.90. The van der Waals surface area contributed by atoms with Crippen molar-refractivity contribution >= 4 is 5.97 Å². The molecule has 0 aliphatic carbocycles. The van der Waals surface area contributed by atoms with Crippen molar-refractivity contribution in [3.8, 4) is 0 Å². The Morgan fingerprint density at radius 2 is 2.11 bits per heavy atom. The van der Waals surface area contributed by atoms with Crippen molar-refractivity contribution in [3.63, 3.8) is 0 Å². The smallest absolute Gasteiger partial charge is 0.330 e. The molecule has 0 amide bonds. The lowest BCUT2D eigenvalue weighted by molar-refractivity contribution is -0.137. The van der Waals surface area contributed by atoms with Crippen LogP contribution in [0.5, 0.6) is 0 Å². The van der Waals surface area contributed by atoms with Gasteiger partial charge >= 0.3 is 5.97 Å². The fourth-order valence-electron chi connectivity index (χ4n) is 0.201. The van der Waals surface area contributed by atoms with Gasteiger partial charge in [-0.3, -0.25) is 0 Å². The van der Waals surface area contributed by atoms with Gasteiger partial charge in [0.05, 0.1) is 6.61 Å². The molecule has 9 heavy (non-hydrogen) atoms. The Balaban J connectivity index is -0.000000180. The summed E-state index contributed by atoms with van der Waals surface area (Å²) in [5.74, 6) is -0.359. The molecule has 0 radical (unpaired) electrons. The summed E-state index contributed by atoms with van der Waals surface area (Å²) in [5, 5.41) is 0. The van der Waals surface area contributed by atoms with Crippen LogP contribution in [0, 0.1) is 0 Å². The van der Waals surface area contributed by atoms with E-state index in [1.165, 1.54) is 0 Å². The Hall–Kier alpha value is -0.790. The zero-order chi connectivity index (χ0) is 5.70. The van der Waals surface area contributed by atoms with Gasteiger partial charge in [0.15, 0.2) is 0 Å². The lowest BCUT2D eigenvalue weighted by Crippen LogP contribution is -1.97. The number of ether oxygens (including phenoxy) is 1. The fraction of sp³-hybridized carbons (Fsp3) is 0.571. The van der Waals surface area contributed by atoms with Crippen molar-refractivity contribution in [1.82, 2.24) is 0 Å². The maximum absolute atomic E-state index is 10.1. The molecular formula is C7H16O2. The van der Waals surface area contributed by atoms with E-state index < -0.39 is 0 Å². The zero-order valence-corrected chi connectivity index (χ0v) is 4.31. The number of hydrogen-bond acceptors (Lipinski definition) is 2. The van der Waals surface area contributed by atoms with E-state index in [1.807, 2.05) is 0 Å². The third-order valence-electron chi connectivity index (χ3n) is 0.453. The third kappa shape index (κ3) is 11.0. The first-order chi connectivity index (χ1) is 3.31. The number of esters is 1. The summed E-state index contributed by atoms with van der Waals surface area (Å²) in [6.07, 6.45) is 1.14. The molecule has 0 spiro atoms. The van der Waals surface area contributed by atoms with Gasteiger partial charge in [-0.2, -0.15) is 0 Å². The van der Waals surface area contributed by atoms with E-state index in [2.05, 4.69) is 11.3 Å². The molecule has 0 heterocycles. The molecule has 0 saturated carbocycles. The summed E-state index contributed by atoms with van der Waals surface area (Å²) >= 11 is 0. The molecule has 0 aromatic carbocycles. The van der Waals surface area contributed by atoms with Crippen LogP contribution < -0.4 is 0 Å². The third-order valence-corrected chi connectivity index (χ3v) is 0.453. The molecule has 0 N–H and O–H groups in total. The van der Waals surface area contributed by atoms with Crippen molar-refractivity contribution in [2.75, 3.05) is 6.61 Å². The molecule has 0 aliphatic heterocycles. The molecule has 0 fully saturated rings. The Labute approximate surface area is 57.5 Å². The molecule has 0 unspecified atom stereocenters. The van der Waals surface area contributed by atoms with Gasteiger partial charge in [-0.25, -0.2) is 4.79 Å². The first kappa shape index (κ1) is 15.7. The molecule has 0 rings (SSSR count). The first-order valence-corrected chi connectivity index (χ1v) is 2.10. The topological polar surface area (TPSA) is 26.3 Å². The van der Waals surface area contributed by atoms with Crippen LogP contribution in [0.2, 0.25) is 0 Å². The Morgan fingerprint density at radius 1 is 1.67 bits per heavy atom. The molecular weight excluding hydrogens is 116 g/mol.